The molecule has 0 atom stereocenters. The van der Waals surface area contributed by atoms with Gasteiger partial charge in [0.2, 0.25) is 5.88 Å². The zero-order valence-electron chi connectivity index (χ0n) is 13.3. The zero-order valence-corrected chi connectivity index (χ0v) is 14.9. The Morgan fingerprint density at radius 3 is 3.04 bits per heavy atom. The maximum absolute atomic E-state index is 10.6. The van der Waals surface area contributed by atoms with Gasteiger partial charge < -0.3 is 14.3 Å². The van der Waals surface area contributed by atoms with Crippen molar-refractivity contribution in [1.29, 1.82) is 0 Å². The topological polar surface area (TPSA) is 59.9 Å². The molecule has 126 valence electrons. The molecule has 0 fully saturated rings. The molecule has 3 heterocycles. The maximum atomic E-state index is 10.6. The van der Waals surface area contributed by atoms with Crippen molar-refractivity contribution in [2.24, 2.45) is 4.99 Å². The van der Waals surface area contributed by atoms with Gasteiger partial charge in [-0.1, -0.05) is 0 Å². The van der Waals surface area contributed by atoms with Crippen LogP contribution in [-0.2, 0) is 6.54 Å². The Morgan fingerprint density at radius 1 is 1.40 bits per heavy atom. The first kappa shape index (κ1) is 15.9. The second-order valence-electron chi connectivity index (χ2n) is 5.46. The number of aromatic nitrogens is 1. The lowest BCUT2D eigenvalue weighted by Gasteiger charge is -2.04. The molecule has 1 aliphatic rings. The van der Waals surface area contributed by atoms with Crippen LogP contribution in [0.3, 0.4) is 0 Å². The lowest BCUT2D eigenvalue weighted by atomic mass is 10.1. The molecule has 0 saturated heterocycles. The number of hydrogen-bond acceptors (Lipinski definition) is 6. The maximum Gasteiger partial charge on any atom is 0.211 e. The van der Waals surface area contributed by atoms with Crippen molar-refractivity contribution in [2.45, 2.75) is 6.54 Å². The first-order chi connectivity index (χ1) is 12.2. The number of fused-ring (bicyclic) bond motifs is 1. The summed E-state index contributed by atoms with van der Waals surface area (Å²) in [5, 5.41) is 10.6. The minimum atomic E-state index is 0.128. The van der Waals surface area contributed by atoms with E-state index >= 15 is 0 Å². The largest absolute Gasteiger partial charge is 0.497 e. The van der Waals surface area contributed by atoms with Crippen LogP contribution in [0.15, 0.2) is 46.0 Å². The van der Waals surface area contributed by atoms with Gasteiger partial charge in [-0.25, -0.2) is 0 Å². The van der Waals surface area contributed by atoms with E-state index in [1.165, 1.54) is 11.3 Å². The molecule has 5 nitrogen and oxygen atoms in total. The molecule has 0 bridgehead atoms. The van der Waals surface area contributed by atoms with Crippen LogP contribution in [0.4, 0.5) is 5.69 Å². The Bertz CT molecular complexity index is 1040. The fraction of sp³-hybridized carbons (Fsp3) is 0.111. The molecule has 25 heavy (non-hydrogen) atoms. The number of aromatic hydroxyl groups is 1. The van der Waals surface area contributed by atoms with Gasteiger partial charge >= 0.3 is 0 Å². The van der Waals surface area contributed by atoms with Crippen LogP contribution >= 0.6 is 23.6 Å². The molecule has 3 aromatic rings. The fourth-order valence-corrected chi connectivity index (χ4v) is 3.91. The summed E-state index contributed by atoms with van der Waals surface area (Å²) in [6.45, 7) is 0.399. The molecule has 0 saturated carbocycles. The molecule has 2 aromatic heterocycles. The van der Waals surface area contributed by atoms with E-state index in [0.29, 0.717) is 15.4 Å². The number of thiazole rings is 1. The lowest BCUT2D eigenvalue weighted by molar-refractivity contribution is 0.407. The van der Waals surface area contributed by atoms with Gasteiger partial charge in [0.05, 0.1) is 30.5 Å². The van der Waals surface area contributed by atoms with E-state index in [2.05, 4.69) is 4.99 Å². The fourth-order valence-electron chi connectivity index (χ4n) is 2.66. The average Bonchev–Trinajstić information content (AvgIpc) is 3.32. The quantitative estimate of drug-likeness (QED) is 0.664. The predicted molar refractivity (Wildman–Crippen MR) is 102 cm³/mol. The summed E-state index contributed by atoms with van der Waals surface area (Å²) in [6.07, 6.45) is 5.27. The minimum absolute atomic E-state index is 0.128. The SMILES string of the molecule is COc1ccc2c(c1)/C(=C/c1sc(=S)n(Cc3ccco3)c1O)C=N2. The molecule has 4 rings (SSSR count). The highest BCUT2D eigenvalue weighted by atomic mass is 32.1. The highest BCUT2D eigenvalue weighted by Gasteiger charge is 2.17. The molecule has 0 unspecified atom stereocenters. The Morgan fingerprint density at radius 2 is 2.28 bits per heavy atom. The first-order valence-corrected chi connectivity index (χ1v) is 8.77. The molecule has 0 aliphatic carbocycles. The monoisotopic (exact) mass is 370 g/mol. The van der Waals surface area contributed by atoms with Gasteiger partial charge in [0.1, 0.15) is 11.5 Å². The number of rotatable bonds is 4. The summed E-state index contributed by atoms with van der Waals surface area (Å²) >= 11 is 6.74. The number of methoxy groups -OCH3 is 1. The standard InChI is InChI=1S/C18H14N2O3S2/c1-22-12-4-5-15-14(8-12)11(9-19-15)7-16-17(21)20(18(24)25-16)10-13-3-2-6-23-13/h2-9,21H,10H2,1H3/b11-7+. The van der Waals surface area contributed by atoms with Crippen molar-refractivity contribution < 1.29 is 14.3 Å². The van der Waals surface area contributed by atoms with E-state index in [0.717, 1.165) is 28.3 Å². The van der Waals surface area contributed by atoms with Crippen LogP contribution in [0.5, 0.6) is 11.6 Å². The number of furan rings is 1. The van der Waals surface area contributed by atoms with Crippen LogP contribution in [-0.4, -0.2) is 23.0 Å². The molecular formula is C18H14N2O3S2. The molecule has 1 aliphatic heterocycles. The van der Waals surface area contributed by atoms with E-state index < -0.39 is 0 Å². The average molecular weight is 370 g/mol. The van der Waals surface area contributed by atoms with Gasteiger partial charge in [-0.05, 0) is 48.6 Å². The smallest absolute Gasteiger partial charge is 0.211 e. The highest BCUT2D eigenvalue weighted by Crippen LogP contribution is 2.37. The van der Waals surface area contributed by atoms with Crippen molar-refractivity contribution in [3.8, 4) is 11.6 Å². The Labute approximate surface area is 153 Å². The third-order valence-corrected chi connectivity index (χ3v) is 5.32. The number of allylic oxidation sites excluding steroid dienone is 1. The van der Waals surface area contributed by atoms with E-state index in [4.69, 9.17) is 21.4 Å². The molecule has 1 N–H and O–H groups in total. The van der Waals surface area contributed by atoms with Gasteiger partial charge in [-0.3, -0.25) is 9.56 Å². The third-order valence-electron chi connectivity index (χ3n) is 3.93. The van der Waals surface area contributed by atoms with Crippen LogP contribution in [0.2, 0.25) is 0 Å². The molecule has 7 heteroatoms. The normalized spacial score (nSPS) is 14.2. The summed E-state index contributed by atoms with van der Waals surface area (Å²) in [5.74, 6) is 1.63. The number of benzene rings is 1. The van der Waals surface area contributed by atoms with E-state index in [9.17, 15) is 5.11 Å². The van der Waals surface area contributed by atoms with Crippen LogP contribution in [0.25, 0.3) is 11.6 Å². The van der Waals surface area contributed by atoms with Crippen LogP contribution in [0.1, 0.15) is 16.2 Å². The second kappa shape index (κ2) is 6.34. The van der Waals surface area contributed by atoms with Gasteiger partial charge in [-0.15, -0.1) is 11.3 Å². The van der Waals surface area contributed by atoms with Gasteiger partial charge in [0.15, 0.2) is 3.95 Å². The second-order valence-corrected chi connectivity index (χ2v) is 7.14. The summed E-state index contributed by atoms with van der Waals surface area (Å²) in [5.41, 5.74) is 2.76. The Hall–Kier alpha value is -2.64. The van der Waals surface area contributed by atoms with Crippen molar-refractivity contribution >= 4 is 47.1 Å². The van der Waals surface area contributed by atoms with Gasteiger partial charge in [0, 0.05) is 17.4 Å². The minimum Gasteiger partial charge on any atom is -0.497 e. The molecule has 0 spiro atoms. The van der Waals surface area contributed by atoms with Crippen LogP contribution in [0, 0.1) is 3.95 Å². The number of ether oxygens (including phenoxy) is 1. The van der Waals surface area contributed by atoms with E-state index in [1.807, 2.05) is 36.4 Å². The summed E-state index contributed by atoms with van der Waals surface area (Å²) in [7, 11) is 1.63. The van der Waals surface area contributed by atoms with Crippen molar-refractivity contribution in [3.63, 3.8) is 0 Å². The molecule has 0 radical (unpaired) electrons. The first-order valence-electron chi connectivity index (χ1n) is 7.55. The molecule has 1 aromatic carbocycles. The summed E-state index contributed by atoms with van der Waals surface area (Å²) in [4.78, 5) is 5.09. The summed E-state index contributed by atoms with van der Waals surface area (Å²) < 4.78 is 12.9. The summed E-state index contributed by atoms with van der Waals surface area (Å²) in [6, 6.07) is 9.38. The highest BCUT2D eigenvalue weighted by molar-refractivity contribution is 7.73. The van der Waals surface area contributed by atoms with Gasteiger partial charge in [0.25, 0.3) is 0 Å². The Balaban J connectivity index is 1.72. The van der Waals surface area contributed by atoms with E-state index in [1.54, 1.807) is 24.2 Å². The van der Waals surface area contributed by atoms with E-state index in [-0.39, 0.29) is 5.88 Å². The number of hydrogen-bond donors (Lipinski definition) is 1. The van der Waals surface area contributed by atoms with Crippen molar-refractivity contribution in [1.82, 2.24) is 4.57 Å². The Kier molecular flexibility index (Phi) is 4.03. The number of aliphatic imine (C=N–C) groups is 1. The predicted octanol–water partition coefficient (Wildman–Crippen LogP) is 4.89. The third kappa shape index (κ3) is 2.92. The zero-order chi connectivity index (χ0) is 17.4. The molecule has 0 amide bonds. The lowest BCUT2D eigenvalue weighted by Crippen LogP contribution is -1.97. The molecular weight excluding hydrogens is 356 g/mol. The van der Waals surface area contributed by atoms with Crippen molar-refractivity contribution in [3.05, 3.63) is 56.8 Å². The van der Waals surface area contributed by atoms with Crippen molar-refractivity contribution in [2.75, 3.05) is 7.11 Å². The van der Waals surface area contributed by atoms with Gasteiger partial charge in [-0.2, -0.15) is 0 Å². The van der Waals surface area contributed by atoms with Crippen LogP contribution < -0.4 is 4.74 Å². The number of nitrogens with zero attached hydrogens (tertiary/aromatic N) is 2.